The van der Waals surface area contributed by atoms with Gasteiger partial charge < -0.3 is 19.7 Å². The number of aliphatic hydroxyl groups excluding tert-OH is 2. The molecule has 0 aromatic heterocycles. The zero-order valence-electron chi connectivity index (χ0n) is 22.7. The van der Waals surface area contributed by atoms with Crippen LogP contribution in [0.1, 0.15) is 116 Å². The van der Waals surface area contributed by atoms with Gasteiger partial charge in [-0.2, -0.15) is 0 Å². The van der Waals surface area contributed by atoms with Gasteiger partial charge in [0.2, 0.25) is 0 Å². The van der Waals surface area contributed by atoms with Gasteiger partial charge in [-0.1, -0.05) is 120 Å². The largest absolute Gasteiger partial charge is 0.490 e. The summed E-state index contributed by atoms with van der Waals surface area (Å²) in [7, 11) is 0. The number of aliphatic hydroxyl groups is 2. The van der Waals surface area contributed by atoms with Gasteiger partial charge in [0.1, 0.15) is 0 Å². The molecular weight excluding hydrogens is 448 g/mol. The minimum absolute atomic E-state index is 0.331. The highest BCUT2D eigenvalue weighted by molar-refractivity contribution is 5.90. The Morgan fingerprint density at radius 3 is 1.42 bits per heavy atom. The molecule has 2 aromatic carbocycles. The molecule has 0 aliphatic heterocycles. The molecule has 0 unspecified atom stereocenters. The summed E-state index contributed by atoms with van der Waals surface area (Å²) in [6.45, 7) is 2.14. The quantitative estimate of drug-likeness (QED) is 0.142. The number of unbranched alkanes of at least 4 members (excludes halogenated alkanes) is 16. The van der Waals surface area contributed by atoms with Crippen molar-refractivity contribution in [3.63, 3.8) is 0 Å². The van der Waals surface area contributed by atoms with Crippen molar-refractivity contribution in [1.82, 2.24) is 0 Å². The van der Waals surface area contributed by atoms with Crippen molar-refractivity contribution in [2.75, 3.05) is 26.4 Å². The van der Waals surface area contributed by atoms with Crippen LogP contribution in [0.2, 0.25) is 0 Å². The van der Waals surface area contributed by atoms with Crippen LogP contribution in [0.5, 0.6) is 11.5 Å². The van der Waals surface area contributed by atoms with Crippen molar-refractivity contribution >= 4 is 10.8 Å². The lowest BCUT2D eigenvalue weighted by Gasteiger charge is -2.15. The van der Waals surface area contributed by atoms with Crippen LogP contribution >= 0.6 is 0 Å². The summed E-state index contributed by atoms with van der Waals surface area (Å²) < 4.78 is 12.5. The smallest absolute Gasteiger partial charge is 0.168 e. The van der Waals surface area contributed by atoms with Crippen molar-refractivity contribution in [1.29, 1.82) is 0 Å². The van der Waals surface area contributed by atoms with Gasteiger partial charge in [0.15, 0.2) is 11.5 Å². The highest BCUT2D eigenvalue weighted by Crippen LogP contribution is 2.36. The van der Waals surface area contributed by atoms with Crippen LogP contribution in [0.15, 0.2) is 36.4 Å². The maximum Gasteiger partial charge on any atom is 0.168 e. The summed E-state index contributed by atoms with van der Waals surface area (Å²) in [5.41, 5.74) is 0. The Labute approximate surface area is 220 Å². The highest BCUT2D eigenvalue weighted by atomic mass is 16.5. The van der Waals surface area contributed by atoms with Gasteiger partial charge in [0.05, 0.1) is 13.2 Å². The fraction of sp³-hybridized carbons (Fsp3) is 0.688. The molecule has 0 fully saturated rings. The van der Waals surface area contributed by atoms with E-state index in [1.807, 2.05) is 0 Å². The lowest BCUT2D eigenvalue weighted by Crippen LogP contribution is -2.03. The second kappa shape index (κ2) is 21.3. The zero-order valence-corrected chi connectivity index (χ0v) is 22.7. The van der Waals surface area contributed by atoms with Gasteiger partial charge in [-0.3, -0.25) is 0 Å². The SMILES string of the molecule is OCCCCCCCCCCCOc1ccc2ccccc2c1OCCCCCCCCCCCO. The first-order chi connectivity index (χ1) is 17.9. The van der Waals surface area contributed by atoms with Crippen LogP contribution in [0.4, 0.5) is 0 Å². The fourth-order valence-electron chi connectivity index (χ4n) is 4.74. The second-order valence-electron chi connectivity index (χ2n) is 10.1. The predicted molar refractivity (Wildman–Crippen MR) is 152 cm³/mol. The van der Waals surface area contributed by atoms with Crippen LogP contribution in [0, 0.1) is 0 Å². The number of rotatable bonds is 24. The van der Waals surface area contributed by atoms with Gasteiger partial charge in [-0.25, -0.2) is 0 Å². The summed E-state index contributed by atoms with van der Waals surface area (Å²) in [6.07, 6.45) is 21.6. The molecule has 0 saturated heterocycles. The standard InChI is InChI=1S/C32H52O4/c33-25-17-11-7-3-1-5-9-13-19-27-35-31-24-23-29-21-15-16-22-30(29)32(31)36-28-20-14-10-6-2-4-8-12-18-26-34/h15-16,21-24,33-34H,1-14,17-20,25-28H2. The first kappa shape index (κ1) is 30.4. The van der Waals surface area contributed by atoms with Crippen molar-refractivity contribution in [2.45, 2.75) is 116 Å². The maximum absolute atomic E-state index is 8.84. The second-order valence-corrected chi connectivity index (χ2v) is 10.1. The molecule has 0 spiro atoms. The summed E-state index contributed by atoms with van der Waals surface area (Å²) >= 11 is 0. The Morgan fingerprint density at radius 1 is 0.444 bits per heavy atom. The Morgan fingerprint density at radius 2 is 0.889 bits per heavy atom. The molecule has 36 heavy (non-hydrogen) atoms. The van der Waals surface area contributed by atoms with E-state index in [1.165, 1.54) is 82.4 Å². The summed E-state index contributed by atoms with van der Waals surface area (Å²) in [5, 5.41) is 20.0. The van der Waals surface area contributed by atoms with Crippen molar-refractivity contribution in [3.8, 4) is 11.5 Å². The van der Waals surface area contributed by atoms with E-state index in [9.17, 15) is 0 Å². The first-order valence-electron chi connectivity index (χ1n) is 14.9. The van der Waals surface area contributed by atoms with Crippen LogP contribution in [-0.4, -0.2) is 36.6 Å². The minimum atomic E-state index is 0.331. The molecule has 0 aliphatic carbocycles. The van der Waals surface area contributed by atoms with Crippen LogP contribution in [0.3, 0.4) is 0 Å². The Balaban J connectivity index is 1.65. The monoisotopic (exact) mass is 500 g/mol. The lowest BCUT2D eigenvalue weighted by atomic mass is 10.1. The number of hydrogen-bond donors (Lipinski definition) is 2. The normalized spacial score (nSPS) is 11.3. The van der Waals surface area contributed by atoms with E-state index in [0.29, 0.717) is 13.2 Å². The predicted octanol–water partition coefficient (Wildman–Crippen LogP) is 8.60. The average Bonchev–Trinajstić information content (AvgIpc) is 2.91. The zero-order chi connectivity index (χ0) is 25.5. The number of fused-ring (bicyclic) bond motifs is 1. The number of ether oxygens (including phenoxy) is 2. The molecule has 2 N–H and O–H groups in total. The maximum atomic E-state index is 8.84. The summed E-state index contributed by atoms with van der Waals surface area (Å²) in [4.78, 5) is 0. The molecule has 0 saturated carbocycles. The molecule has 0 bridgehead atoms. The van der Waals surface area contributed by atoms with E-state index in [0.717, 1.165) is 68.6 Å². The molecule has 0 atom stereocenters. The molecule has 0 radical (unpaired) electrons. The molecule has 0 amide bonds. The van der Waals surface area contributed by atoms with Gasteiger partial charge in [-0.05, 0) is 37.1 Å². The molecule has 2 aromatic rings. The summed E-state index contributed by atoms with van der Waals surface area (Å²) in [6, 6.07) is 12.6. The third-order valence-corrected chi connectivity index (χ3v) is 6.95. The van der Waals surface area contributed by atoms with Gasteiger partial charge >= 0.3 is 0 Å². The Hall–Kier alpha value is -1.78. The van der Waals surface area contributed by atoms with E-state index >= 15 is 0 Å². The molecule has 0 aliphatic rings. The van der Waals surface area contributed by atoms with E-state index < -0.39 is 0 Å². The van der Waals surface area contributed by atoms with Crippen molar-refractivity contribution in [3.05, 3.63) is 36.4 Å². The number of hydrogen-bond acceptors (Lipinski definition) is 4. The molecule has 2 rings (SSSR count). The molecule has 0 heterocycles. The van der Waals surface area contributed by atoms with E-state index in [4.69, 9.17) is 19.7 Å². The molecular formula is C32H52O4. The van der Waals surface area contributed by atoms with Crippen LogP contribution in [0.25, 0.3) is 10.8 Å². The summed E-state index contributed by atoms with van der Waals surface area (Å²) in [5.74, 6) is 1.78. The average molecular weight is 501 g/mol. The van der Waals surface area contributed by atoms with Crippen LogP contribution < -0.4 is 9.47 Å². The van der Waals surface area contributed by atoms with Crippen LogP contribution in [-0.2, 0) is 0 Å². The fourth-order valence-corrected chi connectivity index (χ4v) is 4.74. The third kappa shape index (κ3) is 13.5. The Kier molecular flexibility index (Phi) is 18.0. The van der Waals surface area contributed by atoms with Gasteiger partial charge in [-0.15, -0.1) is 0 Å². The van der Waals surface area contributed by atoms with Crippen molar-refractivity contribution in [2.24, 2.45) is 0 Å². The lowest BCUT2D eigenvalue weighted by molar-refractivity contribution is 0.261. The molecule has 204 valence electrons. The van der Waals surface area contributed by atoms with Gasteiger partial charge in [0.25, 0.3) is 0 Å². The van der Waals surface area contributed by atoms with E-state index in [1.54, 1.807) is 0 Å². The highest BCUT2D eigenvalue weighted by Gasteiger charge is 2.10. The van der Waals surface area contributed by atoms with E-state index in [2.05, 4.69) is 36.4 Å². The minimum Gasteiger partial charge on any atom is -0.490 e. The van der Waals surface area contributed by atoms with Gasteiger partial charge in [0, 0.05) is 18.6 Å². The van der Waals surface area contributed by atoms with E-state index in [-0.39, 0.29) is 0 Å². The number of benzene rings is 2. The van der Waals surface area contributed by atoms with Crippen molar-refractivity contribution < 1.29 is 19.7 Å². The first-order valence-corrected chi connectivity index (χ1v) is 14.9. The molecule has 4 nitrogen and oxygen atoms in total. The Bertz CT molecular complexity index is 776. The topological polar surface area (TPSA) is 58.9 Å². The molecule has 4 heteroatoms. The third-order valence-electron chi connectivity index (χ3n) is 6.95.